The van der Waals surface area contributed by atoms with Crippen LogP contribution in [0.25, 0.3) is 0 Å². The summed E-state index contributed by atoms with van der Waals surface area (Å²) in [4.78, 5) is 2.54. The highest BCUT2D eigenvalue weighted by Crippen LogP contribution is 2.37. The Balaban J connectivity index is 2.76. The second-order valence-corrected chi connectivity index (χ2v) is 6.82. The van der Waals surface area contributed by atoms with Crippen LogP contribution in [-0.4, -0.2) is 36.7 Å². The molecule has 1 fully saturated rings. The van der Waals surface area contributed by atoms with Gasteiger partial charge in [0.05, 0.1) is 6.10 Å². The van der Waals surface area contributed by atoms with Crippen molar-refractivity contribution >= 4 is 0 Å². The molecule has 1 aliphatic rings. The molecule has 2 heteroatoms. The zero-order valence-corrected chi connectivity index (χ0v) is 11.4. The summed E-state index contributed by atoms with van der Waals surface area (Å²) in [5.74, 6) is 0.640. The van der Waals surface area contributed by atoms with Gasteiger partial charge >= 0.3 is 0 Å². The molecule has 1 aliphatic heterocycles. The summed E-state index contributed by atoms with van der Waals surface area (Å²) in [6.07, 6.45) is 0.393. The largest absolute Gasteiger partial charge is 0.380 e. The van der Waals surface area contributed by atoms with Crippen molar-refractivity contribution in [2.75, 3.05) is 20.2 Å². The fourth-order valence-corrected chi connectivity index (χ4v) is 2.39. The number of ether oxygens (including phenoxy) is 1. The SMILES string of the molecule is CO[C@H]1CN(C(C)(C)C)CC1C(C)(C)C. The molecule has 1 heterocycles. The minimum Gasteiger partial charge on any atom is -0.380 e. The van der Waals surface area contributed by atoms with Crippen molar-refractivity contribution in [1.29, 1.82) is 0 Å². The van der Waals surface area contributed by atoms with E-state index in [9.17, 15) is 0 Å². The predicted octanol–water partition coefficient (Wildman–Crippen LogP) is 2.78. The minimum absolute atomic E-state index is 0.261. The van der Waals surface area contributed by atoms with E-state index in [-0.39, 0.29) is 5.54 Å². The minimum atomic E-state index is 0.261. The lowest BCUT2D eigenvalue weighted by molar-refractivity contribution is 0.0372. The lowest BCUT2D eigenvalue weighted by Gasteiger charge is -2.33. The van der Waals surface area contributed by atoms with Gasteiger partial charge in [-0.2, -0.15) is 0 Å². The molecule has 1 saturated heterocycles. The van der Waals surface area contributed by atoms with Gasteiger partial charge in [-0.05, 0) is 26.2 Å². The van der Waals surface area contributed by atoms with Gasteiger partial charge in [0, 0.05) is 31.7 Å². The number of hydrogen-bond acceptors (Lipinski definition) is 2. The molecule has 2 atom stereocenters. The third-order valence-corrected chi connectivity index (χ3v) is 3.63. The predicted molar refractivity (Wildman–Crippen MR) is 65.1 cm³/mol. The fraction of sp³-hybridized carbons (Fsp3) is 1.00. The fourth-order valence-electron chi connectivity index (χ4n) is 2.39. The first-order chi connectivity index (χ1) is 6.66. The molecule has 0 N–H and O–H groups in total. The van der Waals surface area contributed by atoms with Crippen LogP contribution in [-0.2, 0) is 4.74 Å². The van der Waals surface area contributed by atoms with Crippen molar-refractivity contribution < 1.29 is 4.74 Å². The smallest absolute Gasteiger partial charge is 0.0743 e. The second-order valence-electron chi connectivity index (χ2n) is 6.82. The van der Waals surface area contributed by atoms with Crippen LogP contribution in [0, 0.1) is 11.3 Å². The second kappa shape index (κ2) is 4.06. The van der Waals surface area contributed by atoms with Gasteiger partial charge in [0.2, 0.25) is 0 Å². The lowest BCUT2D eigenvalue weighted by Crippen LogP contribution is -2.40. The van der Waals surface area contributed by atoms with E-state index in [0.717, 1.165) is 13.1 Å². The van der Waals surface area contributed by atoms with Crippen LogP contribution in [0.1, 0.15) is 41.5 Å². The quantitative estimate of drug-likeness (QED) is 0.664. The van der Waals surface area contributed by atoms with Crippen LogP contribution >= 0.6 is 0 Å². The van der Waals surface area contributed by atoms with E-state index in [0.29, 0.717) is 17.4 Å². The first-order valence-electron chi connectivity index (χ1n) is 5.94. The molecular weight excluding hydrogens is 186 g/mol. The van der Waals surface area contributed by atoms with Gasteiger partial charge in [-0.25, -0.2) is 0 Å². The maximum absolute atomic E-state index is 5.63. The number of rotatable bonds is 1. The molecule has 0 amide bonds. The van der Waals surface area contributed by atoms with E-state index in [1.165, 1.54) is 0 Å². The molecule has 0 aliphatic carbocycles. The highest BCUT2D eigenvalue weighted by Gasteiger charge is 2.42. The van der Waals surface area contributed by atoms with E-state index in [4.69, 9.17) is 4.74 Å². The molecule has 2 nitrogen and oxygen atoms in total. The average molecular weight is 213 g/mol. The molecule has 0 saturated carbocycles. The Kier molecular flexibility index (Phi) is 3.52. The number of likely N-dealkylation sites (tertiary alicyclic amines) is 1. The molecule has 0 aromatic carbocycles. The van der Waals surface area contributed by atoms with E-state index >= 15 is 0 Å². The van der Waals surface area contributed by atoms with Crippen LogP contribution < -0.4 is 0 Å². The number of methoxy groups -OCH3 is 1. The van der Waals surface area contributed by atoms with Gasteiger partial charge in [0.25, 0.3) is 0 Å². The van der Waals surface area contributed by atoms with Crippen LogP contribution in [0.2, 0.25) is 0 Å². The lowest BCUT2D eigenvalue weighted by atomic mass is 9.79. The Morgan fingerprint density at radius 2 is 1.53 bits per heavy atom. The summed E-state index contributed by atoms with van der Waals surface area (Å²) < 4.78 is 5.63. The maximum Gasteiger partial charge on any atom is 0.0743 e. The van der Waals surface area contributed by atoms with Crippen molar-refractivity contribution in [3.63, 3.8) is 0 Å². The van der Waals surface area contributed by atoms with Crippen LogP contribution in [0.5, 0.6) is 0 Å². The van der Waals surface area contributed by atoms with E-state index < -0.39 is 0 Å². The standard InChI is InChI=1S/C13H27NO/c1-12(2,3)10-8-14(13(4,5)6)9-11(10)15-7/h10-11H,8-9H2,1-7H3/t10?,11-/m0/s1. The van der Waals surface area contributed by atoms with Gasteiger partial charge in [-0.15, -0.1) is 0 Å². The maximum atomic E-state index is 5.63. The molecule has 15 heavy (non-hydrogen) atoms. The molecule has 1 rings (SSSR count). The molecule has 0 aromatic rings. The molecule has 1 unspecified atom stereocenters. The Morgan fingerprint density at radius 1 is 1.00 bits per heavy atom. The molecular formula is C13H27NO. The van der Waals surface area contributed by atoms with Crippen molar-refractivity contribution in [1.82, 2.24) is 4.90 Å². The molecule has 0 spiro atoms. The monoisotopic (exact) mass is 213 g/mol. The molecule has 0 aromatic heterocycles. The van der Waals surface area contributed by atoms with Gasteiger partial charge in [0.15, 0.2) is 0 Å². The van der Waals surface area contributed by atoms with Crippen molar-refractivity contribution in [2.24, 2.45) is 11.3 Å². The Labute approximate surface area is 95.0 Å². The zero-order valence-electron chi connectivity index (χ0n) is 11.4. The molecule has 0 radical (unpaired) electrons. The van der Waals surface area contributed by atoms with Crippen LogP contribution in [0.3, 0.4) is 0 Å². The van der Waals surface area contributed by atoms with Gasteiger partial charge < -0.3 is 4.74 Å². The average Bonchev–Trinajstić information content (AvgIpc) is 2.44. The third-order valence-electron chi connectivity index (χ3n) is 3.63. The van der Waals surface area contributed by atoms with Crippen LogP contribution in [0.4, 0.5) is 0 Å². The van der Waals surface area contributed by atoms with E-state index in [1.807, 2.05) is 7.11 Å². The van der Waals surface area contributed by atoms with Crippen molar-refractivity contribution in [3.05, 3.63) is 0 Å². The number of nitrogens with zero attached hydrogens (tertiary/aromatic N) is 1. The first kappa shape index (κ1) is 13.0. The topological polar surface area (TPSA) is 12.5 Å². The Bertz CT molecular complexity index is 212. The summed E-state index contributed by atoms with van der Waals surface area (Å²) in [6.45, 7) is 16.0. The molecule has 90 valence electrons. The highest BCUT2D eigenvalue weighted by molar-refractivity contribution is 4.95. The van der Waals surface area contributed by atoms with E-state index in [1.54, 1.807) is 0 Å². The van der Waals surface area contributed by atoms with Gasteiger partial charge in [-0.3, -0.25) is 4.90 Å². The highest BCUT2D eigenvalue weighted by atomic mass is 16.5. The Morgan fingerprint density at radius 3 is 1.80 bits per heavy atom. The van der Waals surface area contributed by atoms with Gasteiger partial charge in [0.1, 0.15) is 0 Å². The molecule has 0 bridgehead atoms. The van der Waals surface area contributed by atoms with Gasteiger partial charge in [-0.1, -0.05) is 20.8 Å². The number of hydrogen-bond donors (Lipinski definition) is 0. The van der Waals surface area contributed by atoms with E-state index in [2.05, 4.69) is 46.4 Å². The first-order valence-corrected chi connectivity index (χ1v) is 5.94. The summed E-state index contributed by atoms with van der Waals surface area (Å²) in [5, 5.41) is 0. The zero-order chi connectivity index (χ0) is 11.9. The van der Waals surface area contributed by atoms with Crippen LogP contribution in [0.15, 0.2) is 0 Å². The normalized spacial score (nSPS) is 29.8. The van der Waals surface area contributed by atoms with Crippen molar-refractivity contribution in [2.45, 2.75) is 53.2 Å². The summed E-state index contributed by atoms with van der Waals surface area (Å²) in [6, 6.07) is 0. The summed E-state index contributed by atoms with van der Waals surface area (Å²) in [5.41, 5.74) is 0.595. The summed E-state index contributed by atoms with van der Waals surface area (Å²) in [7, 11) is 1.84. The third kappa shape index (κ3) is 2.94. The Hall–Kier alpha value is -0.0800. The van der Waals surface area contributed by atoms with Crippen molar-refractivity contribution in [3.8, 4) is 0 Å². The summed E-state index contributed by atoms with van der Waals surface area (Å²) >= 11 is 0.